The highest BCUT2D eigenvalue weighted by Gasteiger charge is 2.16. The average Bonchev–Trinajstić information content (AvgIpc) is 2.79. The molecule has 0 aromatic carbocycles. The maximum atomic E-state index is 5.87. The highest BCUT2D eigenvalue weighted by molar-refractivity contribution is 7.16. The lowest BCUT2D eigenvalue weighted by molar-refractivity contribution is 0.778. The van der Waals surface area contributed by atoms with Gasteiger partial charge in [-0.3, -0.25) is 0 Å². The van der Waals surface area contributed by atoms with Crippen LogP contribution in [0.4, 0.5) is 0 Å². The molecule has 0 aliphatic heterocycles. The molecule has 3 N–H and O–H groups in total. The van der Waals surface area contributed by atoms with Gasteiger partial charge in [-0.25, -0.2) is 4.98 Å². The highest BCUT2D eigenvalue weighted by atomic mass is 35.5. The summed E-state index contributed by atoms with van der Waals surface area (Å²) >= 11 is 7.41. The minimum absolute atomic E-state index is 0.127. The van der Waals surface area contributed by atoms with Crippen molar-refractivity contribution in [3.8, 4) is 0 Å². The first kappa shape index (κ1) is 9.71. The summed E-state index contributed by atoms with van der Waals surface area (Å²) in [6, 6.07) is 3.88. The normalized spacial score (nSPS) is 13.0. The van der Waals surface area contributed by atoms with E-state index in [1.165, 1.54) is 0 Å². The van der Waals surface area contributed by atoms with Crippen molar-refractivity contribution in [2.75, 3.05) is 6.54 Å². The molecule has 2 aromatic rings. The Bertz CT molecular complexity index is 396. The van der Waals surface area contributed by atoms with E-state index in [9.17, 15) is 0 Å². The molecule has 0 saturated heterocycles. The van der Waals surface area contributed by atoms with Crippen LogP contribution in [0.2, 0.25) is 4.34 Å². The van der Waals surface area contributed by atoms with Crippen molar-refractivity contribution in [3.05, 3.63) is 39.6 Å². The Balaban J connectivity index is 2.31. The van der Waals surface area contributed by atoms with Crippen molar-refractivity contribution in [3.63, 3.8) is 0 Å². The van der Waals surface area contributed by atoms with E-state index >= 15 is 0 Å². The Labute approximate surface area is 90.9 Å². The fourth-order valence-electron chi connectivity index (χ4n) is 1.35. The van der Waals surface area contributed by atoms with Crippen LogP contribution in [0.5, 0.6) is 0 Å². The van der Waals surface area contributed by atoms with Crippen LogP contribution in [0.15, 0.2) is 24.5 Å². The Morgan fingerprint density at radius 3 is 2.93 bits per heavy atom. The Hall–Kier alpha value is -0.840. The number of halogens is 1. The molecule has 5 heteroatoms. The van der Waals surface area contributed by atoms with E-state index < -0.39 is 0 Å². The number of nitrogens with two attached hydrogens (primary N) is 1. The largest absolute Gasteiger partial charge is 0.348 e. The van der Waals surface area contributed by atoms with Gasteiger partial charge in [-0.1, -0.05) is 11.6 Å². The van der Waals surface area contributed by atoms with Crippen LogP contribution in [0.25, 0.3) is 0 Å². The molecule has 0 spiro atoms. The standard InChI is InChI=1S/C9H10ClN3S/c10-8-2-1-7(14-8)6(5-11)9-12-3-4-13-9/h1-4,6H,5,11H2,(H,12,13). The minimum atomic E-state index is 0.127. The van der Waals surface area contributed by atoms with Gasteiger partial charge in [0.2, 0.25) is 0 Å². The third-order valence-corrected chi connectivity index (χ3v) is 3.37. The molecular weight excluding hydrogens is 218 g/mol. The van der Waals surface area contributed by atoms with Crippen LogP contribution >= 0.6 is 22.9 Å². The van der Waals surface area contributed by atoms with Crippen molar-refractivity contribution < 1.29 is 0 Å². The second-order valence-corrected chi connectivity index (χ2v) is 4.65. The van der Waals surface area contributed by atoms with E-state index in [0.717, 1.165) is 15.0 Å². The first-order valence-electron chi connectivity index (χ1n) is 4.26. The van der Waals surface area contributed by atoms with Crippen LogP contribution < -0.4 is 5.73 Å². The molecular formula is C9H10ClN3S. The van der Waals surface area contributed by atoms with E-state index in [-0.39, 0.29) is 5.92 Å². The number of thiophene rings is 1. The lowest BCUT2D eigenvalue weighted by atomic mass is 10.1. The molecule has 14 heavy (non-hydrogen) atoms. The van der Waals surface area contributed by atoms with E-state index in [1.54, 1.807) is 23.7 Å². The summed E-state index contributed by atoms with van der Waals surface area (Å²) in [7, 11) is 0. The van der Waals surface area contributed by atoms with E-state index in [2.05, 4.69) is 9.97 Å². The third-order valence-electron chi connectivity index (χ3n) is 2.02. The average molecular weight is 228 g/mol. The molecule has 1 atom stereocenters. The van der Waals surface area contributed by atoms with Gasteiger partial charge in [-0.05, 0) is 12.1 Å². The number of H-pyrrole nitrogens is 1. The van der Waals surface area contributed by atoms with Gasteiger partial charge < -0.3 is 10.7 Å². The predicted molar refractivity (Wildman–Crippen MR) is 58.8 cm³/mol. The van der Waals surface area contributed by atoms with Crippen molar-refractivity contribution in [2.24, 2.45) is 5.73 Å². The number of nitrogens with one attached hydrogen (secondary N) is 1. The molecule has 2 heterocycles. The molecule has 1 unspecified atom stereocenters. The maximum Gasteiger partial charge on any atom is 0.115 e. The maximum absolute atomic E-state index is 5.87. The summed E-state index contributed by atoms with van der Waals surface area (Å²) in [5.41, 5.74) is 5.71. The molecule has 0 aliphatic rings. The minimum Gasteiger partial charge on any atom is -0.348 e. The van der Waals surface area contributed by atoms with Crippen LogP contribution in [-0.4, -0.2) is 16.5 Å². The number of hydrogen-bond acceptors (Lipinski definition) is 3. The fraction of sp³-hybridized carbons (Fsp3) is 0.222. The number of aromatic amines is 1. The fourth-order valence-corrected chi connectivity index (χ4v) is 2.52. The SMILES string of the molecule is NCC(c1ncc[nH]1)c1ccc(Cl)s1. The van der Waals surface area contributed by atoms with Crippen LogP contribution in [-0.2, 0) is 0 Å². The zero-order valence-electron chi connectivity index (χ0n) is 7.40. The number of imidazole rings is 1. The smallest absolute Gasteiger partial charge is 0.115 e. The van der Waals surface area contributed by atoms with Crippen LogP contribution in [0, 0.1) is 0 Å². The zero-order chi connectivity index (χ0) is 9.97. The van der Waals surface area contributed by atoms with Gasteiger partial charge in [-0.2, -0.15) is 0 Å². The van der Waals surface area contributed by atoms with Gasteiger partial charge in [0.05, 0.1) is 10.3 Å². The molecule has 0 bridgehead atoms. The lowest BCUT2D eigenvalue weighted by Gasteiger charge is -2.08. The molecule has 0 radical (unpaired) electrons. The molecule has 3 nitrogen and oxygen atoms in total. The van der Waals surface area contributed by atoms with Gasteiger partial charge in [0, 0.05) is 23.8 Å². The van der Waals surface area contributed by atoms with Crippen molar-refractivity contribution >= 4 is 22.9 Å². The van der Waals surface area contributed by atoms with E-state index in [0.29, 0.717) is 6.54 Å². The molecule has 74 valence electrons. The van der Waals surface area contributed by atoms with Crippen molar-refractivity contribution in [1.29, 1.82) is 0 Å². The summed E-state index contributed by atoms with van der Waals surface area (Å²) < 4.78 is 0.782. The molecule has 0 saturated carbocycles. The first-order valence-corrected chi connectivity index (χ1v) is 5.45. The molecule has 0 fully saturated rings. The highest BCUT2D eigenvalue weighted by Crippen LogP contribution is 2.30. The van der Waals surface area contributed by atoms with Gasteiger partial charge in [0.15, 0.2) is 0 Å². The summed E-state index contributed by atoms with van der Waals surface area (Å²) in [6.07, 6.45) is 3.53. The molecule has 2 aromatic heterocycles. The van der Waals surface area contributed by atoms with Crippen molar-refractivity contribution in [2.45, 2.75) is 5.92 Å². The lowest BCUT2D eigenvalue weighted by Crippen LogP contribution is -2.13. The summed E-state index contributed by atoms with van der Waals surface area (Å²) in [5.74, 6) is 1.02. The van der Waals surface area contributed by atoms with Crippen molar-refractivity contribution in [1.82, 2.24) is 9.97 Å². The topological polar surface area (TPSA) is 54.7 Å². The Morgan fingerprint density at radius 1 is 1.57 bits per heavy atom. The second kappa shape index (κ2) is 4.13. The number of nitrogens with zero attached hydrogens (tertiary/aromatic N) is 1. The van der Waals surface area contributed by atoms with Crippen LogP contribution in [0.3, 0.4) is 0 Å². The van der Waals surface area contributed by atoms with Gasteiger partial charge in [-0.15, -0.1) is 11.3 Å². The van der Waals surface area contributed by atoms with Gasteiger partial charge in [0.25, 0.3) is 0 Å². The predicted octanol–water partition coefficient (Wildman–Crippen LogP) is 2.22. The van der Waals surface area contributed by atoms with Crippen LogP contribution in [0.1, 0.15) is 16.6 Å². The molecule has 2 rings (SSSR count). The number of hydrogen-bond donors (Lipinski definition) is 2. The quantitative estimate of drug-likeness (QED) is 0.845. The monoisotopic (exact) mass is 227 g/mol. The first-order chi connectivity index (χ1) is 6.81. The summed E-state index contributed by atoms with van der Waals surface area (Å²) in [4.78, 5) is 8.42. The number of aromatic nitrogens is 2. The van der Waals surface area contributed by atoms with E-state index in [1.807, 2.05) is 12.1 Å². The zero-order valence-corrected chi connectivity index (χ0v) is 8.98. The van der Waals surface area contributed by atoms with Gasteiger partial charge >= 0.3 is 0 Å². The molecule has 0 aliphatic carbocycles. The molecule has 0 amide bonds. The Kier molecular flexibility index (Phi) is 2.86. The summed E-state index contributed by atoms with van der Waals surface area (Å²) in [5, 5.41) is 0. The van der Waals surface area contributed by atoms with E-state index in [4.69, 9.17) is 17.3 Å². The Morgan fingerprint density at radius 2 is 2.43 bits per heavy atom. The third kappa shape index (κ3) is 1.82. The second-order valence-electron chi connectivity index (χ2n) is 2.90. The summed E-state index contributed by atoms with van der Waals surface area (Å²) in [6.45, 7) is 0.532. The number of rotatable bonds is 3. The van der Waals surface area contributed by atoms with Gasteiger partial charge in [0.1, 0.15) is 5.82 Å².